The number of β-amino-alcohol motifs (C(OH)–C–C–N with tert-alkyl or cyclic N) is 1. The van der Waals surface area contributed by atoms with Crippen molar-refractivity contribution in [2.75, 3.05) is 48.3 Å². The summed E-state index contributed by atoms with van der Waals surface area (Å²) >= 11 is 1.55. The Morgan fingerprint density at radius 2 is 1.56 bits per heavy atom. The number of phenols is 1. The summed E-state index contributed by atoms with van der Waals surface area (Å²) in [5.41, 5.74) is 15.0. The van der Waals surface area contributed by atoms with E-state index in [1.807, 2.05) is 58.0 Å². The molecule has 5 fully saturated rings. The third kappa shape index (κ3) is 10.4. The van der Waals surface area contributed by atoms with Crippen molar-refractivity contribution in [1.29, 1.82) is 0 Å². The maximum Gasteiger partial charge on any atom is 0.246 e. The van der Waals surface area contributed by atoms with Crippen LogP contribution < -0.4 is 26.2 Å². The SMILES string of the molecule is Cc1ncsc1-c1ccc(CNC(=O)[C@@H]2C[C@@H](O)CN2C(=O)[C@@H](NC(=O)C2CCC(N3CCC(c4ccc(N5C6CCC5CN(c5cc(-c7ccccc7O)nnc5N)C6)cc4)CC3)CC2)C(C)(C)C)nc1. The number of hydrogen-bond acceptors (Lipinski definition) is 14. The molecule has 4 aliphatic heterocycles. The molecule has 7 heterocycles. The van der Waals surface area contributed by atoms with Crippen molar-refractivity contribution in [3.8, 4) is 27.4 Å². The Morgan fingerprint density at radius 3 is 2.21 bits per heavy atom. The van der Waals surface area contributed by atoms with Crippen LogP contribution in [-0.2, 0) is 20.9 Å². The zero-order valence-electron chi connectivity index (χ0n) is 41.9. The summed E-state index contributed by atoms with van der Waals surface area (Å²) in [6.07, 6.45) is 8.89. The van der Waals surface area contributed by atoms with Crippen molar-refractivity contribution < 1.29 is 24.6 Å². The Morgan fingerprint density at radius 1 is 0.847 bits per heavy atom. The predicted molar refractivity (Wildman–Crippen MR) is 280 cm³/mol. The van der Waals surface area contributed by atoms with Crippen molar-refractivity contribution >= 4 is 46.3 Å². The van der Waals surface area contributed by atoms with Gasteiger partial charge < -0.3 is 46.2 Å². The van der Waals surface area contributed by atoms with Crippen LogP contribution in [0.3, 0.4) is 0 Å². The van der Waals surface area contributed by atoms with E-state index in [4.69, 9.17) is 5.73 Å². The highest BCUT2D eigenvalue weighted by molar-refractivity contribution is 7.13. The number of aliphatic hydroxyl groups excluding tert-OH is 1. The highest BCUT2D eigenvalue weighted by Gasteiger charge is 2.46. The number of nitrogens with zero attached hydrogens (tertiary/aromatic N) is 8. The number of aliphatic hydroxyl groups is 1. The average molecular weight is 996 g/mol. The number of aromatic hydroxyl groups is 1. The molecule has 72 heavy (non-hydrogen) atoms. The largest absolute Gasteiger partial charge is 0.507 e. The lowest BCUT2D eigenvalue weighted by Crippen LogP contribution is -2.58. The number of carbonyl (C=O) groups is 3. The number of rotatable bonds is 12. The van der Waals surface area contributed by atoms with Crippen LogP contribution in [0.4, 0.5) is 17.2 Å². The van der Waals surface area contributed by atoms with E-state index in [2.05, 4.69) is 69.8 Å². The van der Waals surface area contributed by atoms with Gasteiger partial charge in [-0.25, -0.2) is 4.98 Å². The van der Waals surface area contributed by atoms with E-state index in [1.165, 1.54) is 16.2 Å². The highest BCUT2D eigenvalue weighted by Crippen LogP contribution is 2.41. The molecule has 5 aromatic rings. The number of nitrogen functional groups attached to an aromatic ring is 1. The van der Waals surface area contributed by atoms with Gasteiger partial charge in [0, 0.05) is 73.1 Å². The molecule has 10 rings (SSSR count). The van der Waals surface area contributed by atoms with E-state index in [0.29, 0.717) is 46.8 Å². The van der Waals surface area contributed by atoms with E-state index in [0.717, 1.165) is 99.4 Å². The Balaban J connectivity index is 0.686. The van der Waals surface area contributed by atoms with Crippen LogP contribution >= 0.6 is 11.3 Å². The average Bonchev–Trinajstić information content (AvgIpc) is 4.08. The van der Waals surface area contributed by atoms with Crippen LogP contribution in [0, 0.1) is 18.3 Å². The Labute approximate surface area is 426 Å². The number of piperidine rings is 1. The fourth-order valence-electron chi connectivity index (χ4n) is 12.1. The molecular formula is C55H69N11O5S. The maximum absolute atomic E-state index is 14.3. The topological polar surface area (TPSA) is 206 Å². The van der Waals surface area contributed by atoms with Gasteiger partial charge in [-0.3, -0.25) is 19.4 Å². The fraction of sp³-hybridized carbons (Fsp3) is 0.509. The van der Waals surface area contributed by atoms with Gasteiger partial charge in [-0.05, 0) is 125 Å². The molecule has 380 valence electrons. The van der Waals surface area contributed by atoms with E-state index < -0.39 is 23.6 Å². The van der Waals surface area contributed by atoms with Gasteiger partial charge in [-0.2, -0.15) is 0 Å². The molecular weight excluding hydrogens is 927 g/mol. The van der Waals surface area contributed by atoms with Crippen molar-refractivity contribution in [2.45, 2.75) is 134 Å². The number of fused-ring (bicyclic) bond motifs is 2. The Bertz CT molecular complexity index is 2720. The van der Waals surface area contributed by atoms with Gasteiger partial charge in [0.05, 0.1) is 45.8 Å². The van der Waals surface area contributed by atoms with Gasteiger partial charge in [-0.1, -0.05) is 51.1 Å². The molecule has 3 aromatic heterocycles. The molecule has 0 radical (unpaired) electrons. The van der Waals surface area contributed by atoms with Crippen LogP contribution in [0.15, 0.2) is 78.4 Å². The molecule has 3 amide bonds. The molecule has 6 N–H and O–H groups in total. The summed E-state index contributed by atoms with van der Waals surface area (Å²) in [5, 5.41) is 35.8. The molecule has 5 aliphatic rings. The zero-order valence-corrected chi connectivity index (χ0v) is 42.7. The van der Waals surface area contributed by atoms with Gasteiger partial charge in [-0.15, -0.1) is 21.5 Å². The minimum atomic E-state index is -0.860. The lowest BCUT2D eigenvalue weighted by atomic mass is 9.81. The fourth-order valence-corrected chi connectivity index (χ4v) is 12.9. The van der Waals surface area contributed by atoms with Crippen LogP contribution in [0.1, 0.15) is 101 Å². The number of benzene rings is 2. The summed E-state index contributed by atoms with van der Waals surface area (Å²) in [4.78, 5) is 60.8. The van der Waals surface area contributed by atoms with E-state index in [9.17, 15) is 24.6 Å². The number of nitrogens with one attached hydrogen (secondary N) is 2. The van der Waals surface area contributed by atoms with Crippen molar-refractivity contribution in [3.05, 3.63) is 95.4 Å². The number of likely N-dealkylation sites (tertiary alicyclic amines) is 2. The van der Waals surface area contributed by atoms with Crippen molar-refractivity contribution in [2.24, 2.45) is 11.3 Å². The quantitative estimate of drug-likeness (QED) is 0.0888. The number of thiazole rings is 1. The molecule has 4 saturated heterocycles. The Kier molecular flexibility index (Phi) is 14.2. The first-order valence-electron chi connectivity index (χ1n) is 25.9. The first-order chi connectivity index (χ1) is 34.7. The molecule has 2 bridgehead atoms. The maximum atomic E-state index is 14.3. The second-order valence-electron chi connectivity index (χ2n) is 21.8. The third-order valence-electron chi connectivity index (χ3n) is 16.1. The van der Waals surface area contributed by atoms with Crippen LogP contribution in [-0.4, -0.2) is 127 Å². The Hall–Kier alpha value is -6.17. The number of piperazine rings is 1. The van der Waals surface area contributed by atoms with E-state index >= 15 is 0 Å². The first-order valence-corrected chi connectivity index (χ1v) is 26.8. The molecule has 16 nitrogen and oxygen atoms in total. The summed E-state index contributed by atoms with van der Waals surface area (Å²) in [6, 6.07) is 21.7. The molecule has 1 saturated carbocycles. The number of aromatic nitrogens is 4. The van der Waals surface area contributed by atoms with Crippen molar-refractivity contribution in [3.63, 3.8) is 0 Å². The monoisotopic (exact) mass is 996 g/mol. The van der Waals surface area contributed by atoms with Gasteiger partial charge in [0.25, 0.3) is 0 Å². The van der Waals surface area contributed by atoms with Gasteiger partial charge in [0.1, 0.15) is 17.8 Å². The lowest BCUT2D eigenvalue weighted by molar-refractivity contribution is -0.144. The number of para-hydroxylation sites is 1. The number of aryl methyl sites for hydroxylation is 1. The highest BCUT2D eigenvalue weighted by atomic mass is 32.1. The smallest absolute Gasteiger partial charge is 0.246 e. The summed E-state index contributed by atoms with van der Waals surface area (Å²) in [5.74, 6) is 0.0759. The lowest BCUT2D eigenvalue weighted by Gasteiger charge is -2.44. The zero-order chi connectivity index (χ0) is 50.3. The number of carbonyl (C=O) groups excluding carboxylic acids is 3. The second-order valence-corrected chi connectivity index (χ2v) is 22.7. The first kappa shape index (κ1) is 49.4. The second kappa shape index (κ2) is 20.7. The molecule has 1 aliphatic carbocycles. The number of amides is 3. The summed E-state index contributed by atoms with van der Waals surface area (Å²) < 4.78 is 0. The minimum Gasteiger partial charge on any atom is -0.507 e. The number of nitrogens with two attached hydrogens (primary N) is 1. The van der Waals surface area contributed by atoms with Crippen molar-refractivity contribution in [1.82, 2.24) is 40.6 Å². The van der Waals surface area contributed by atoms with Crippen LogP contribution in [0.2, 0.25) is 0 Å². The number of pyridine rings is 1. The minimum absolute atomic E-state index is 0.0285. The standard InChI is InChI=1S/C55H69N11O5S/c1-33-49(72-32-59-33)37-9-14-38(57-27-37)28-58-53(70)47-25-43(67)31-65(47)54(71)50(55(2,3)4)60-52(69)36-12-15-39(16-13-36)63-23-21-35(22-24-63)34-10-17-40(18-11-34)66-41-19-20-42(66)30-64(29-41)46-26-45(61-62-51(46)56)44-7-5-6-8-48(44)68/h5-11,14,17-18,26-27,32,35-36,39,41-43,47,50,67-68H,12-13,15-16,19-25,28-31H2,1-4H3,(H2,56,62)(H,58,70)(H,60,69)/t36?,39?,41?,42?,43-,47+,50-/m1/s1. The normalized spacial score (nSPS) is 24.3. The molecule has 2 aromatic carbocycles. The molecule has 2 unspecified atom stereocenters. The molecule has 17 heteroatoms. The number of anilines is 3. The van der Waals surface area contributed by atoms with E-state index in [-0.39, 0.29) is 48.9 Å². The van der Waals surface area contributed by atoms with Crippen LogP contribution in [0.25, 0.3) is 21.7 Å². The van der Waals surface area contributed by atoms with Gasteiger partial charge in [0.2, 0.25) is 17.7 Å². The third-order valence-corrected chi connectivity index (χ3v) is 17.1. The summed E-state index contributed by atoms with van der Waals surface area (Å²) in [7, 11) is 0. The summed E-state index contributed by atoms with van der Waals surface area (Å²) in [6.45, 7) is 11.7. The number of phenolic OH excluding ortho intramolecular Hbond substituents is 1. The molecule has 5 atom stereocenters. The van der Waals surface area contributed by atoms with Gasteiger partial charge in [0.15, 0.2) is 5.82 Å². The van der Waals surface area contributed by atoms with E-state index in [1.54, 1.807) is 35.2 Å². The number of hydrogen-bond donors (Lipinski definition) is 5. The van der Waals surface area contributed by atoms with Crippen LogP contribution in [0.5, 0.6) is 5.75 Å². The van der Waals surface area contributed by atoms with Gasteiger partial charge >= 0.3 is 0 Å². The predicted octanol–water partition coefficient (Wildman–Crippen LogP) is 6.66. The molecule has 0 spiro atoms.